The summed E-state index contributed by atoms with van der Waals surface area (Å²) < 4.78 is 0. The number of amides is 1. The molecule has 0 spiro atoms. The molecule has 0 radical (unpaired) electrons. The van der Waals surface area contributed by atoms with Crippen LogP contribution in [0, 0.1) is 16.7 Å². The van der Waals surface area contributed by atoms with E-state index < -0.39 is 5.41 Å². The second-order valence-electron chi connectivity index (χ2n) is 3.91. The van der Waals surface area contributed by atoms with E-state index in [0.29, 0.717) is 19.4 Å². The number of nitrogens with zero attached hydrogens (tertiary/aromatic N) is 2. The Bertz CT molecular complexity index is 297. The van der Waals surface area contributed by atoms with Crippen LogP contribution in [-0.4, -0.2) is 23.9 Å². The predicted octanol–water partition coefficient (Wildman–Crippen LogP) is 2.10. The van der Waals surface area contributed by atoms with Crippen LogP contribution in [0.25, 0.3) is 0 Å². The zero-order valence-electron chi connectivity index (χ0n) is 9.49. The number of carbonyl (C=O) groups excluding carboxylic acids is 1. The van der Waals surface area contributed by atoms with Crippen molar-refractivity contribution in [2.75, 3.05) is 13.1 Å². The van der Waals surface area contributed by atoms with E-state index in [4.69, 9.17) is 5.26 Å². The standard InChI is InChI=1S/C12H18N2O/c1-3-12(4-2,10-13)11(15)14-8-6-5-7-9-14/h5-6H,3-4,7-9H2,1-2H3. The molecule has 1 aliphatic rings. The van der Waals surface area contributed by atoms with E-state index in [-0.39, 0.29) is 5.91 Å². The quantitative estimate of drug-likeness (QED) is 0.664. The van der Waals surface area contributed by atoms with Gasteiger partial charge in [0.2, 0.25) is 5.91 Å². The van der Waals surface area contributed by atoms with Crippen LogP contribution in [0.3, 0.4) is 0 Å². The van der Waals surface area contributed by atoms with E-state index in [0.717, 1.165) is 13.0 Å². The van der Waals surface area contributed by atoms with Crippen LogP contribution in [0.15, 0.2) is 12.2 Å². The van der Waals surface area contributed by atoms with Gasteiger partial charge in [0.05, 0.1) is 6.07 Å². The highest BCUT2D eigenvalue weighted by Crippen LogP contribution is 2.28. The normalized spacial score (nSPS) is 16.2. The first kappa shape index (κ1) is 11.8. The minimum absolute atomic E-state index is 0.000602. The largest absolute Gasteiger partial charge is 0.337 e. The van der Waals surface area contributed by atoms with E-state index >= 15 is 0 Å². The molecule has 0 bridgehead atoms. The molecule has 1 rings (SSSR count). The fraction of sp³-hybridized carbons (Fsp3) is 0.667. The van der Waals surface area contributed by atoms with Crippen LogP contribution in [0.2, 0.25) is 0 Å². The Hall–Kier alpha value is -1.30. The molecule has 15 heavy (non-hydrogen) atoms. The fourth-order valence-corrected chi connectivity index (χ4v) is 1.89. The average Bonchev–Trinajstić information content (AvgIpc) is 2.33. The predicted molar refractivity (Wildman–Crippen MR) is 59.0 cm³/mol. The van der Waals surface area contributed by atoms with Gasteiger partial charge in [-0.1, -0.05) is 26.0 Å². The van der Waals surface area contributed by atoms with Gasteiger partial charge in [-0.05, 0) is 19.3 Å². The summed E-state index contributed by atoms with van der Waals surface area (Å²) in [5.74, 6) is -0.000602. The lowest BCUT2D eigenvalue weighted by molar-refractivity contribution is -0.139. The first-order valence-corrected chi connectivity index (χ1v) is 5.55. The Kier molecular flexibility index (Phi) is 3.90. The third kappa shape index (κ3) is 2.20. The summed E-state index contributed by atoms with van der Waals surface area (Å²) in [6.45, 7) is 5.22. The van der Waals surface area contributed by atoms with Crippen LogP contribution in [-0.2, 0) is 4.79 Å². The van der Waals surface area contributed by atoms with Gasteiger partial charge in [-0.2, -0.15) is 5.26 Å². The van der Waals surface area contributed by atoms with Crippen molar-refractivity contribution in [1.29, 1.82) is 5.26 Å². The number of hydrogen-bond donors (Lipinski definition) is 0. The summed E-state index contributed by atoms with van der Waals surface area (Å²) in [5, 5.41) is 9.16. The molecule has 3 nitrogen and oxygen atoms in total. The van der Waals surface area contributed by atoms with E-state index in [2.05, 4.69) is 12.1 Å². The number of carbonyl (C=O) groups is 1. The molecule has 1 amide bonds. The van der Waals surface area contributed by atoms with Gasteiger partial charge >= 0.3 is 0 Å². The van der Waals surface area contributed by atoms with Crippen LogP contribution < -0.4 is 0 Å². The van der Waals surface area contributed by atoms with E-state index in [1.54, 1.807) is 4.90 Å². The first-order chi connectivity index (χ1) is 7.20. The highest BCUT2D eigenvalue weighted by molar-refractivity contribution is 5.85. The van der Waals surface area contributed by atoms with Crippen molar-refractivity contribution in [2.45, 2.75) is 33.1 Å². The van der Waals surface area contributed by atoms with Crippen molar-refractivity contribution < 1.29 is 4.79 Å². The molecule has 0 aromatic carbocycles. The Morgan fingerprint density at radius 1 is 1.47 bits per heavy atom. The molecule has 0 saturated carbocycles. The Labute approximate surface area is 91.4 Å². The summed E-state index contributed by atoms with van der Waals surface area (Å²) in [4.78, 5) is 14.0. The highest BCUT2D eigenvalue weighted by Gasteiger charge is 2.38. The number of nitriles is 1. The van der Waals surface area contributed by atoms with E-state index in [1.807, 2.05) is 19.9 Å². The Morgan fingerprint density at radius 3 is 2.53 bits per heavy atom. The molecule has 1 heterocycles. The molecule has 0 aromatic rings. The van der Waals surface area contributed by atoms with Crippen LogP contribution in [0.4, 0.5) is 0 Å². The van der Waals surface area contributed by atoms with E-state index in [1.165, 1.54) is 0 Å². The molecule has 0 saturated heterocycles. The van der Waals surface area contributed by atoms with Crippen LogP contribution in [0.1, 0.15) is 33.1 Å². The smallest absolute Gasteiger partial charge is 0.243 e. The Balaban J connectivity index is 2.81. The molecule has 0 aromatic heterocycles. The summed E-state index contributed by atoms with van der Waals surface area (Å²) in [6.07, 6.45) is 6.17. The molecule has 1 aliphatic heterocycles. The van der Waals surface area contributed by atoms with Crippen LogP contribution >= 0.6 is 0 Å². The Morgan fingerprint density at radius 2 is 2.13 bits per heavy atom. The highest BCUT2D eigenvalue weighted by atomic mass is 16.2. The topological polar surface area (TPSA) is 44.1 Å². The van der Waals surface area contributed by atoms with Crippen molar-refractivity contribution in [3.05, 3.63) is 12.2 Å². The third-order valence-electron chi connectivity index (χ3n) is 3.18. The maximum atomic E-state index is 12.2. The number of rotatable bonds is 3. The van der Waals surface area contributed by atoms with Gasteiger partial charge in [0, 0.05) is 13.1 Å². The summed E-state index contributed by atoms with van der Waals surface area (Å²) in [6, 6.07) is 2.20. The van der Waals surface area contributed by atoms with Crippen molar-refractivity contribution in [3.8, 4) is 6.07 Å². The molecule has 0 fully saturated rings. The number of hydrogen-bond acceptors (Lipinski definition) is 2. The maximum Gasteiger partial charge on any atom is 0.243 e. The summed E-state index contributed by atoms with van der Waals surface area (Å²) in [7, 11) is 0. The lowest BCUT2D eigenvalue weighted by Crippen LogP contribution is -2.44. The molecule has 3 heteroatoms. The van der Waals surface area contributed by atoms with Gasteiger partial charge in [0.25, 0.3) is 0 Å². The van der Waals surface area contributed by atoms with Gasteiger partial charge in [-0.3, -0.25) is 4.79 Å². The van der Waals surface area contributed by atoms with Crippen LogP contribution in [0.5, 0.6) is 0 Å². The van der Waals surface area contributed by atoms with Gasteiger partial charge < -0.3 is 4.90 Å². The van der Waals surface area contributed by atoms with Crippen molar-refractivity contribution in [1.82, 2.24) is 4.90 Å². The van der Waals surface area contributed by atoms with Crippen molar-refractivity contribution in [3.63, 3.8) is 0 Å². The molecule has 82 valence electrons. The summed E-state index contributed by atoms with van der Waals surface area (Å²) >= 11 is 0. The zero-order chi connectivity index (χ0) is 11.3. The zero-order valence-corrected chi connectivity index (χ0v) is 9.49. The molecule has 0 unspecified atom stereocenters. The second kappa shape index (κ2) is 4.97. The second-order valence-corrected chi connectivity index (χ2v) is 3.91. The van der Waals surface area contributed by atoms with Gasteiger partial charge in [0.15, 0.2) is 0 Å². The van der Waals surface area contributed by atoms with Gasteiger partial charge in [0.1, 0.15) is 5.41 Å². The first-order valence-electron chi connectivity index (χ1n) is 5.55. The monoisotopic (exact) mass is 206 g/mol. The minimum Gasteiger partial charge on any atom is -0.337 e. The summed E-state index contributed by atoms with van der Waals surface area (Å²) in [5.41, 5.74) is -0.800. The minimum atomic E-state index is -0.800. The molecular formula is C12H18N2O. The SMILES string of the molecule is CCC(C#N)(CC)C(=O)N1CC=CCC1. The van der Waals surface area contributed by atoms with Gasteiger partial charge in [-0.25, -0.2) is 0 Å². The molecule has 0 N–H and O–H groups in total. The van der Waals surface area contributed by atoms with E-state index in [9.17, 15) is 4.79 Å². The van der Waals surface area contributed by atoms with Gasteiger partial charge in [-0.15, -0.1) is 0 Å². The average molecular weight is 206 g/mol. The molecule has 0 atom stereocenters. The lowest BCUT2D eigenvalue weighted by Gasteiger charge is -2.31. The maximum absolute atomic E-state index is 12.2. The molecular weight excluding hydrogens is 188 g/mol. The van der Waals surface area contributed by atoms with Crippen molar-refractivity contribution >= 4 is 5.91 Å². The third-order valence-corrected chi connectivity index (χ3v) is 3.18. The molecule has 0 aliphatic carbocycles. The fourth-order valence-electron chi connectivity index (χ4n) is 1.89. The van der Waals surface area contributed by atoms with Crippen molar-refractivity contribution in [2.24, 2.45) is 5.41 Å². The lowest BCUT2D eigenvalue weighted by atomic mass is 9.82.